The van der Waals surface area contributed by atoms with Gasteiger partial charge in [-0.05, 0) is 79.7 Å². The van der Waals surface area contributed by atoms with Gasteiger partial charge in [-0.3, -0.25) is 0 Å². The molecule has 0 aliphatic heterocycles. The number of para-hydroxylation sites is 1. The Labute approximate surface area is 277 Å². The van der Waals surface area contributed by atoms with E-state index in [1.165, 1.54) is 43.1 Å². The van der Waals surface area contributed by atoms with Crippen molar-refractivity contribution in [2.24, 2.45) is 0 Å². The number of hydrogen-bond donors (Lipinski definition) is 0. The molecule has 0 amide bonds. The predicted octanol–water partition coefficient (Wildman–Crippen LogP) is 13.3. The first-order valence-corrected chi connectivity index (χ1v) is 16.4. The predicted molar refractivity (Wildman–Crippen MR) is 204 cm³/mol. The van der Waals surface area contributed by atoms with Gasteiger partial charge >= 0.3 is 0 Å². The van der Waals surface area contributed by atoms with Gasteiger partial charge in [0.2, 0.25) is 0 Å². The van der Waals surface area contributed by atoms with Crippen molar-refractivity contribution >= 4 is 82.1 Å². The van der Waals surface area contributed by atoms with E-state index >= 15 is 0 Å². The molecule has 10 aromatic rings. The Morgan fingerprint density at radius 3 is 1.83 bits per heavy atom. The summed E-state index contributed by atoms with van der Waals surface area (Å²) in [6.07, 6.45) is 0. The fourth-order valence-electron chi connectivity index (χ4n) is 7.61. The van der Waals surface area contributed by atoms with Gasteiger partial charge in [0.15, 0.2) is 0 Å². The molecule has 0 bridgehead atoms. The van der Waals surface area contributed by atoms with Gasteiger partial charge in [-0.25, -0.2) is 0 Å². The normalized spacial score (nSPS) is 11.8. The third-order valence-corrected chi connectivity index (χ3v) is 9.82. The van der Waals surface area contributed by atoms with Crippen LogP contribution in [0.1, 0.15) is 0 Å². The van der Waals surface area contributed by atoms with Crippen LogP contribution in [0.15, 0.2) is 180 Å². The molecule has 0 N–H and O–H groups in total. The summed E-state index contributed by atoms with van der Waals surface area (Å²) in [5.41, 5.74) is 7.28. The maximum atomic E-state index is 6.74. The zero-order chi connectivity index (χ0) is 31.6. The summed E-state index contributed by atoms with van der Waals surface area (Å²) in [5.74, 6) is 0. The number of fused-ring (bicyclic) bond motifs is 9. The van der Waals surface area contributed by atoms with E-state index in [-0.39, 0.29) is 0 Å². The van der Waals surface area contributed by atoms with Crippen molar-refractivity contribution in [3.63, 3.8) is 0 Å². The fourth-order valence-corrected chi connectivity index (χ4v) is 7.61. The molecule has 0 spiro atoms. The summed E-state index contributed by atoms with van der Waals surface area (Å²) in [7, 11) is 0. The summed E-state index contributed by atoms with van der Waals surface area (Å²) in [5, 5.41) is 12.1. The monoisotopic (exact) mass is 611 g/mol. The highest BCUT2D eigenvalue weighted by molar-refractivity contribution is 6.20. The molecule has 0 fully saturated rings. The van der Waals surface area contributed by atoms with Gasteiger partial charge in [0.1, 0.15) is 11.2 Å². The Morgan fingerprint density at radius 1 is 0.375 bits per heavy atom. The van der Waals surface area contributed by atoms with Gasteiger partial charge in [0.25, 0.3) is 0 Å². The van der Waals surface area contributed by atoms with Gasteiger partial charge in [0, 0.05) is 22.0 Å². The smallest absolute Gasteiger partial charge is 0.145 e. The maximum Gasteiger partial charge on any atom is 0.145 e. The Hall–Kier alpha value is -6.38. The molecule has 0 aliphatic rings. The van der Waals surface area contributed by atoms with Crippen molar-refractivity contribution < 1.29 is 4.42 Å². The van der Waals surface area contributed by atoms with E-state index in [1.807, 2.05) is 6.07 Å². The maximum absolute atomic E-state index is 6.74. The first kappa shape index (κ1) is 26.8. The van der Waals surface area contributed by atoms with Crippen molar-refractivity contribution in [3.8, 4) is 11.1 Å². The van der Waals surface area contributed by atoms with Crippen LogP contribution in [0.25, 0.3) is 76.2 Å². The average Bonchev–Trinajstić information content (AvgIpc) is 3.55. The lowest BCUT2D eigenvalue weighted by Gasteiger charge is -2.28. The summed E-state index contributed by atoms with van der Waals surface area (Å²) in [6, 6.07) is 63.3. The quantitative estimate of drug-likeness (QED) is 0.184. The van der Waals surface area contributed by atoms with E-state index in [0.717, 1.165) is 50.1 Å². The zero-order valence-corrected chi connectivity index (χ0v) is 26.1. The molecule has 224 valence electrons. The van der Waals surface area contributed by atoms with Gasteiger partial charge in [-0.15, -0.1) is 0 Å². The van der Waals surface area contributed by atoms with Crippen molar-refractivity contribution in [3.05, 3.63) is 176 Å². The van der Waals surface area contributed by atoms with Gasteiger partial charge < -0.3 is 9.32 Å². The summed E-state index contributed by atoms with van der Waals surface area (Å²) in [6.45, 7) is 0. The molecule has 0 atom stereocenters. The highest BCUT2D eigenvalue weighted by Gasteiger charge is 2.23. The van der Waals surface area contributed by atoms with E-state index in [9.17, 15) is 0 Å². The zero-order valence-electron chi connectivity index (χ0n) is 26.1. The van der Waals surface area contributed by atoms with Crippen molar-refractivity contribution in [1.29, 1.82) is 0 Å². The Balaban J connectivity index is 1.32. The van der Waals surface area contributed by atoms with Gasteiger partial charge in [0.05, 0.1) is 16.8 Å². The van der Waals surface area contributed by atoms with Crippen LogP contribution in [0, 0.1) is 0 Å². The fraction of sp³-hybridized carbons (Fsp3) is 0. The average molecular weight is 612 g/mol. The summed E-state index contributed by atoms with van der Waals surface area (Å²) >= 11 is 0. The Bertz CT molecular complexity index is 2850. The molecule has 0 aliphatic carbocycles. The molecular weight excluding hydrogens is 583 g/mol. The second-order valence-electron chi connectivity index (χ2n) is 12.5. The van der Waals surface area contributed by atoms with Crippen molar-refractivity contribution in [1.82, 2.24) is 0 Å². The van der Waals surface area contributed by atoms with Crippen LogP contribution in [0.5, 0.6) is 0 Å². The molecule has 0 unspecified atom stereocenters. The number of nitrogens with zero attached hydrogens (tertiary/aromatic N) is 1. The second kappa shape index (κ2) is 10.6. The van der Waals surface area contributed by atoms with Crippen LogP contribution in [-0.4, -0.2) is 0 Å². The highest BCUT2D eigenvalue weighted by Crippen LogP contribution is 2.48. The molecule has 0 radical (unpaired) electrons. The summed E-state index contributed by atoms with van der Waals surface area (Å²) in [4.78, 5) is 2.44. The molecule has 10 rings (SSSR count). The number of hydrogen-bond acceptors (Lipinski definition) is 2. The number of anilines is 3. The Kier molecular flexibility index (Phi) is 5.91. The first-order chi connectivity index (χ1) is 23.8. The Morgan fingerprint density at radius 2 is 1.00 bits per heavy atom. The van der Waals surface area contributed by atoms with Crippen LogP contribution in [0.3, 0.4) is 0 Å². The van der Waals surface area contributed by atoms with Crippen LogP contribution in [0.2, 0.25) is 0 Å². The third kappa shape index (κ3) is 4.06. The molecule has 48 heavy (non-hydrogen) atoms. The van der Waals surface area contributed by atoms with E-state index in [2.05, 4.69) is 175 Å². The van der Waals surface area contributed by atoms with Crippen LogP contribution >= 0.6 is 0 Å². The first-order valence-electron chi connectivity index (χ1n) is 16.4. The molecule has 0 saturated heterocycles. The molecule has 1 aromatic heterocycles. The van der Waals surface area contributed by atoms with E-state index in [0.29, 0.717) is 0 Å². The topological polar surface area (TPSA) is 16.4 Å². The molecule has 2 heteroatoms. The van der Waals surface area contributed by atoms with Crippen LogP contribution in [-0.2, 0) is 0 Å². The van der Waals surface area contributed by atoms with Gasteiger partial charge in [-0.1, -0.05) is 140 Å². The number of rotatable bonds is 4. The van der Waals surface area contributed by atoms with E-state index in [1.54, 1.807) is 0 Å². The molecule has 2 nitrogen and oxygen atoms in total. The van der Waals surface area contributed by atoms with Crippen LogP contribution in [0.4, 0.5) is 17.1 Å². The number of furan rings is 1. The van der Waals surface area contributed by atoms with Crippen LogP contribution < -0.4 is 4.90 Å². The lowest BCUT2D eigenvalue weighted by Crippen LogP contribution is -2.11. The minimum Gasteiger partial charge on any atom is -0.455 e. The largest absolute Gasteiger partial charge is 0.455 e. The SMILES string of the molecule is c1ccc(-c2ccc(N(c3ccc4c(ccc5ccccc54)c3)c3cccc4c3ccc3ccccc34)c3c2oc2ccccc23)cc1. The third-order valence-electron chi connectivity index (χ3n) is 9.82. The summed E-state index contributed by atoms with van der Waals surface area (Å²) < 4.78 is 6.74. The van der Waals surface area contributed by atoms with E-state index < -0.39 is 0 Å². The second-order valence-corrected chi connectivity index (χ2v) is 12.5. The van der Waals surface area contributed by atoms with Crippen molar-refractivity contribution in [2.45, 2.75) is 0 Å². The standard InChI is InChI=1S/C46H29NO/c1-2-11-30(12-3-1)38-27-28-43(45-41-17-8-9-20-44(41)48-46(38)45)47(34-24-26-37-33(29-34)22-21-31-13-4-6-15-35(31)37)42-19-10-18-39-36-16-7-5-14-32(36)23-25-40(39)42/h1-29H. The van der Waals surface area contributed by atoms with Gasteiger partial charge in [-0.2, -0.15) is 0 Å². The minimum atomic E-state index is 0.881. The molecule has 9 aromatic carbocycles. The minimum absolute atomic E-state index is 0.881. The van der Waals surface area contributed by atoms with Crippen molar-refractivity contribution in [2.75, 3.05) is 4.90 Å². The van der Waals surface area contributed by atoms with E-state index in [4.69, 9.17) is 4.42 Å². The number of benzene rings is 9. The lowest BCUT2D eigenvalue weighted by molar-refractivity contribution is 0.670. The lowest BCUT2D eigenvalue weighted by atomic mass is 9.97. The molecular formula is C46H29NO. The highest BCUT2D eigenvalue weighted by atomic mass is 16.3. The molecule has 0 saturated carbocycles. The molecule has 1 heterocycles.